The van der Waals surface area contributed by atoms with Gasteiger partial charge in [-0.05, 0) is 42.3 Å². The first-order valence-corrected chi connectivity index (χ1v) is 11.5. The number of anilines is 2. The highest BCUT2D eigenvalue weighted by Gasteiger charge is 2.16. The molecular weight excluding hydrogens is 505 g/mol. The molecule has 4 aromatic rings. The normalized spacial score (nSPS) is 10.8. The number of nitrogens with zero attached hydrogens (tertiary/aromatic N) is 1. The minimum Gasteiger partial charge on any atom is -0.481 e. The molecule has 0 saturated carbocycles. The molecular formula is C25H21Cl2N5O4. The Balaban J connectivity index is 1.47. The third-order valence-corrected chi connectivity index (χ3v) is 6.12. The highest BCUT2D eigenvalue weighted by atomic mass is 35.5. The van der Waals surface area contributed by atoms with E-state index in [-0.39, 0.29) is 27.7 Å². The molecule has 184 valence electrons. The van der Waals surface area contributed by atoms with Crippen LogP contribution >= 0.6 is 23.2 Å². The maximum Gasteiger partial charge on any atom is 0.261 e. The number of benzene rings is 2. The zero-order valence-electron chi connectivity index (χ0n) is 19.0. The van der Waals surface area contributed by atoms with Crippen LogP contribution in [0.15, 0.2) is 59.5 Å². The molecule has 2 aromatic heterocycles. The number of hydrogen-bond acceptors (Lipinski definition) is 6. The number of carbonyl (C=O) groups is 2. The first-order valence-electron chi connectivity index (χ1n) is 10.8. The summed E-state index contributed by atoms with van der Waals surface area (Å²) in [4.78, 5) is 44.8. The molecule has 0 saturated heterocycles. The number of nitrogens with one attached hydrogen (secondary N) is 3. The zero-order chi connectivity index (χ0) is 25.8. The van der Waals surface area contributed by atoms with Crippen molar-refractivity contribution in [2.45, 2.75) is 6.42 Å². The fourth-order valence-electron chi connectivity index (χ4n) is 3.53. The van der Waals surface area contributed by atoms with Crippen LogP contribution in [0.2, 0.25) is 10.0 Å². The molecule has 2 aromatic carbocycles. The predicted octanol–water partition coefficient (Wildman–Crippen LogP) is 4.05. The van der Waals surface area contributed by atoms with Crippen molar-refractivity contribution in [1.29, 1.82) is 0 Å². The van der Waals surface area contributed by atoms with Crippen molar-refractivity contribution in [3.63, 3.8) is 0 Å². The smallest absolute Gasteiger partial charge is 0.261 e. The third kappa shape index (κ3) is 5.42. The van der Waals surface area contributed by atoms with Gasteiger partial charge in [-0.2, -0.15) is 0 Å². The average Bonchev–Trinajstić information content (AvgIpc) is 2.86. The fraction of sp³-hybridized carbons (Fsp3) is 0.120. The standard InChI is InChI=1S/C25H21Cl2N5O4/c1-36-21-11-19-15(12-30-21)9-16(24(34)31-19)25(35)32-20-10-14(5-6-17(20)26)23(33)29-8-7-13-3-2-4-18(27)22(13)28/h2-6,9-12H,7-8,28H2,1H3,(H,29,33)(H,31,34)(H,32,35). The topological polar surface area (TPSA) is 139 Å². The minimum atomic E-state index is -0.690. The Morgan fingerprint density at radius 3 is 2.67 bits per heavy atom. The summed E-state index contributed by atoms with van der Waals surface area (Å²) >= 11 is 12.3. The molecule has 4 rings (SSSR count). The van der Waals surface area contributed by atoms with E-state index in [1.54, 1.807) is 18.2 Å². The highest BCUT2D eigenvalue weighted by Crippen LogP contribution is 2.25. The number of halogens is 2. The van der Waals surface area contributed by atoms with Gasteiger partial charge in [0.1, 0.15) is 5.56 Å². The summed E-state index contributed by atoms with van der Waals surface area (Å²) in [5.41, 5.74) is 7.45. The molecule has 11 heteroatoms. The quantitative estimate of drug-likeness (QED) is 0.268. The summed E-state index contributed by atoms with van der Waals surface area (Å²) in [5, 5.41) is 6.60. The molecule has 0 spiro atoms. The van der Waals surface area contributed by atoms with E-state index in [2.05, 4.69) is 20.6 Å². The summed E-state index contributed by atoms with van der Waals surface area (Å²) in [6.45, 7) is 0.318. The van der Waals surface area contributed by atoms with E-state index in [4.69, 9.17) is 33.7 Å². The SMILES string of the molecule is COc1cc2[nH]c(=O)c(C(=O)Nc3cc(C(=O)NCCc4cccc(Cl)c4N)ccc3Cl)cc2cn1. The Morgan fingerprint density at radius 1 is 1.08 bits per heavy atom. The van der Waals surface area contributed by atoms with Gasteiger partial charge in [0.15, 0.2) is 0 Å². The van der Waals surface area contributed by atoms with Crippen molar-refractivity contribution in [1.82, 2.24) is 15.3 Å². The van der Waals surface area contributed by atoms with Crippen molar-refractivity contribution < 1.29 is 14.3 Å². The van der Waals surface area contributed by atoms with Crippen LogP contribution < -0.4 is 26.7 Å². The molecule has 2 amide bonds. The molecule has 0 aliphatic heterocycles. The van der Waals surface area contributed by atoms with Crippen LogP contribution in [0.25, 0.3) is 10.9 Å². The number of rotatable bonds is 7. The number of carbonyl (C=O) groups excluding carboxylic acids is 2. The van der Waals surface area contributed by atoms with Gasteiger partial charge < -0.3 is 26.1 Å². The largest absolute Gasteiger partial charge is 0.481 e. The van der Waals surface area contributed by atoms with E-state index in [1.165, 1.54) is 37.6 Å². The Bertz CT molecular complexity index is 1540. The zero-order valence-corrected chi connectivity index (χ0v) is 20.5. The first-order chi connectivity index (χ1) is 17.3. The lowest BCUT2D eigenvalue weighted by molar-refractivity contribution is 0.0952. The summed E-state index contributed by atoms with van der Waals surface area (Å²) in [5.74, 6) is -0.732. The van der Waals surface area contributed by atoms with Gasteiger partial charge in [0.05, 0.1) is 34.0 Å². The minimum absolute atomic E-state index is 0.139. The molecule has 9 nitrogen and oxygen atoms in total. The lowest BCUT2D eigenvalue weighted by Gasteiger charge is -2.11. The summed E-state index contributed by atoms with van der Waals surface area (Å²) in [6, 6.07) is 12.8. The molecule has 0 radical (unpaired) electrons. The summed E-state index contributed by atoms with van der Waals surface area (Å²) in [7, 11) is 1.46. The van der Waals surface area contributed by atoms with Crippen LogP contribution in [0.5, 0.6) is 5.88 Å². The maximum atomic E-state index is 12.9. The number of ether oxygens (including phenoxy) is 1. The number of methoxy groups -OCH3 is 1. The van der Waals surface area contributed by atoms with Gasteiger partial charge in [-0.3, -0.25) is 14.4 Å². The van der Waals surface area contributed by atoms with Crippen molar-refractivity contribution >= 4 is 57.3 Å². The summed E-state index contributed by atoms with van der Waals surface area (Å²) in [6.07, 6.45) is 1.97. The number of fused-ring (bicyclic) bond motifs is 1. The number of hydrogen-bond donors (Lipinski definition) is 4. The van der Waals surface area contributed by atoms with Crippen LogP contribution in [-0.4, -0.2) is 35.4 Å². The van der Waals surface area contributed by atoms with Gasteiger partial charge in [-0.15, -0.1) is 0 Å². The molecule has 0 fully saturated rings. The molecule has 0 aliphatic carbocycles. The second-order valence-electron chi connectivity index (χ2n) is 7.79. The van der Waals surface area contributed by atoms with Gasteiger partial charge in [-0.1, -0.05) is 35.3 Å². The number of nitrogens with two attached hydrogens (primary N) is 1. The van der Waals surface area contributed by atoms with Crippen LogP contribution in [0, 0.1) is 0 Å². The van der Waals surface area contributed by atoms with Crippen molar-refractivity contribution in [2.75, 3.05) is 24.7 Å². The molecule has 0 unspecified atom stereocenters. The van der Waals surface area contributed by atoms with E-state index < -0.39 is 11.5 Å². The van der Waals surface area contributed by atoms with Crippen LogP contribution in [-0.2, 0) is 6.42 Å². The lowest BCUT2D eigenvalue weighted by Crippen LogP contribution is -2.26. The molecule has 2 heterocycles. The average molecular weight is 526 g/mol. The van der Waals surface area contributed by atoms with Crippen molar-refractivity contribution in [2.24, 2.45) is 0 Å². The lowest BCUT2D eigenvalue weighted by atomic mass is 10.1. The second kappa shape index (κ2) is 10.7. The Hall–Kier alpha value is -4.08. The molecule has 0 bridgehead atoms. The monoisotopic (exact) mass is 525 g/mol. The maximum absolute atomic E-state index is 12.9. The van der Waals surface area contributed by atoms with Crippen molar-refractivity contribution in [3.8, 4) is 5.88 Å². The van der Waals surface area contributed by atoms with Gasteiger partial charge >= 0.3 is 0 Å². The number of para-hydroxylation sites is 1. The second-order valence-corrected chi connectivity index (χ2v) is 8.61. The number of H-pyrrole nitrogens is 1. The highest BCUT2D eigenvalue weighted by molar-refractivity contribution is 6.34. The number of pyridine rings is 2. The van der Waals surface area contributed by atoms with Gasteiger partial charge in [0.2, 0.25) is 5.88 Å². The fourth-order valence-corrected chi connectivity index (χ4v) is 3.88. The first kappa shape index (κ1) is 25.0. The van der Waals surface area contributed by atoms with Crippen molar-refractivity contribution in [3.05, 3.63) is 91.8 Å². The van der Waals surface area contributed by atoms with Gasteiger partial charge in [0, 0.05) is 29.8 Å². The summed E-state index contributed by atoms with van der Waals surface area (Å²) < 4.78 is 5.05. The Morgan fingerprint density at radius 2 is 1.89 bits per heavy atom. The number of aromatic nitrogens is 2. The predicted molar refractivity (Wildman–Crippen MR) is 140 cm³/mol. The molecule has 0 aliphatic rings. The molecule has 0 atom stereocenters. The van der Waals surface area contributed by atoms with Crippen LogP contribution in [0.4, 0.5) is 11.4 Å². The van der Waals surface area contributed by atoms with Gasteiger partial charge in [-0.25, -0.2) is 4.98 Å². The molecule has 36 heavy (non-hydrogen) atoms. The van der Waals surface area contributed by atoms with Gasteiger partial charge in [0.25, 0.3) is 17.4 Å². The van der Waals surface area contributed by atoms with E-state index in [0.29, 0.717) is 40.5 Å². The van der Waals surface area contributed by atoms with Crippen LogP contribution in [0.3, 0.4) is 0 Å². The third-order valence-electron chi connectivity index (χ3n) is 5.46. The molecule has 5 N–H and O–H groups in total. The van der Waals surface area contributed by atoms with E-state index in [1.807, 2.05) is 6.07 Å². The number of nitrogen functional groups attached to an aromatic ring is 1. The Kier molecular flexibility index (Phi) is 7.42. The van der Waals surface area contributed by atoms with E-state index >= 15 is 0 Å². The van der Waals surface area contributed by atoms with E-state index in [0.717, 1.165) is 5.56 Å². The van der Waals surface area contributed by atoms with Crippen LogP contribution in [0.1, 0.15) is 26.3 Å². The number of aromatic amines is 1. The Labute approximate surface area is 215 Å². The van der Waals surface area contributed by atoms with E-state index in [9.17, 15) is 14.4 Å². The number of amides is 2.